The van der Waals surface area contributed by atoms with Crippen LogP contribution in [0.1, 0.15) is 33.1 Å². The van der Waals surface area contributed by atoms with Gasteiger partial charge in [-0.15, -0.1) is 0 Å². The molecule has 0 aromatic heterocycles. The third-order valence-electron chi connectivity index (χ3n) is 2.98. The van der Waals surface area contributed by atoms with E-state index in [-0.39, 0.29) is 12.5 Å². The normalized spacial score (nSPS) is 27.6. The molecule has 3 heteroatoms. The summed E-state index contributed by atoms with van der Waals surface area (Å²) < 4.78 is 5.55. The van der Waals surface area contributed by atoms with E-state index in [1.54, 1.807) is 0 Å². The number of ether oxygens (including phenoxy) is 1. The molecule has 0 saturated carbocycles. The van der Waals surface area contributed by atoms with Crippen molar-refractivity contribution in [2.45, 2.75) is 39.2 Å². The van der Waals surface area contributed by atoms with Crippen molar-refractivity contribution in [3.63, 3.8) is 0 Å². The van der Waals surface area contributed by atoms with Crippen molar-refractivity contribution in [1.29, 1.82) is 0 Å². The van der Waals surface area contributed by atoms with Crippen LogP contribution in [-0.4, -0.2) is 23.8 Å². The van der Waals surface area contributed by atoms with Gasteiger partial charge in [0.25, 0.3) is 0 Å². The van der Waals surface area contributed by atoms with Gasteiger partial charge in [-0.1, -0.05) is 19.1 Å². The number of carboxylic acids is 1. The zero-order valence-corrected chi connectivity index (χ0v) is 9.48. The average molecular weight is 212 g/mol. The molecule has 3 unspecified atom stereocenters. The molecule has 0 bridgehead atoms. The number of carbonyl (C=O) groups is 1. The molecular weight excluding hydrogens is 192 g/mol. The summed E-state index contributed by atoms with van der Waals surface area (Å²) >= 11 is 0. The van der Waals surface area contributed by atoms with E-state index < -0.39 is 5.97 Å². The van der Waals surface area contributed by atoms with Gasteiger partial charge in [0.2, 0.25) is 0 Å². The Morgan fingerprint density at radius 3 is 2.80 bits per heavy atom. The van der Waals surface area contributed by atoms with Crippen LogP contribution in [0.25, 0.3) is 0 Å². The van der Waals surface area contributed by atoms with Crippen molar-refractivity contribution < 1.29 is 14.6 Å². The lowest BCUT2D eigenvalue weighted by molar-refractivity contribution is -0.140. The van der Waals surface area contributed by atoms with Crippen LogP contribution in [-0.2, 0) is 9.53 Å². The van der Waals surface area contributed by atoms with E-state index in [1.807, 2.05) is 6.92 Å². The van der Waals surface area contributed by atoms with E-state index >= 15 is 0 Å². The van der Waals surface area contributed by atoms with Gasteiger partial charge in [-0.25, -0.2) is 0 Å². The molecule has 1 aliphatic carbocycles. The second-order valence-electron chi connectivity index (χ2n) is 4.42. The van der Waals surface area contributed by atoms with Crippen molar-refractivity contribution in [2.24, 2.45) is 11.8 Å². The Labute approximate surface area is 91.1 Å². The first-order chi connectivity index (χ1) is 7.09. The van der Waals surface area contributed by atoms with E-state index in [0.717, 1.165) is 12.8 Å². The molecule has 0 aromatic rings. The highest BCUT2D eigenvalue weighted by Crippen LogP contribution is 2.25. The molecule has 0 fully saturated rings. The first-order valence-electron chi connectivity index (χ1n) is 5.58. The highest BCUT2D eigenvalue weighted by atomic mass is 16.5. The van der Waals surface area contributed by atoms with Crippen molar-refractivity contribution in [3.8, 4) is 0 Å². The lowest BCUT2D eigenvalue weighted by Gasteiger charge is -2.26. The molecule has 0 aromatic carbocycles. The van der Waals surface area contributed by atoms with E-state index in [0.29, 0.717) is 18.4 Å². The summed E-state index contributed by atoms with van der Waals surface area (Å²) in [6, 6.07) is 0. The van der Waals surface area contributed by atoms with E-state index in [1.165, 1.54) is 0 Å². The van der Waals surface area contributed by atoms with Gasteiger partial charge in [0.1, 0.15) is 0 Å². The molecule has 1 aliphatic rings. The first kappa shape index (κ1) is 12.2. The van der Waals surface area contributed by atoms with Crippen LogP contribution < -0.4 is 0 Å². The van der Waals surface area contributed by atoms with Gasteiger partial charge in [0.05, 0.1) is 19.1 Å². The van der Waals surface area contributed by atoms with E-state index in [4.69, 9.17) is 9.84 Å². The van der Waals surface area contributed by atoms with Gasteiger partial charge >= 0.3 is 5.97 Å². The predicted octanol–water partition coefficient (Wildman–Crippen LogP) is 2.47. The second-order valence-corrected chi connectivity index (χ2v) is 4.42. The molecular formula is C12H20O3. The monoisotopic (exact) mass is 212 g/mol. The predicted molar refractivity (Wildman–Crippen MR) is 58.7 cm³/mol. The summed E-state index contributed by atoms with van der Waals surface area (Å²) in [5.41, 5.74) is 0. The van der Waals surface area contributed by atoms with Gasteiger partial charge in [0, 0.05) is 0 Å². The quantitative estimate of drug-likeness (QED) is 0.712. The minimum atomic E-state index is -0.793. The van der Waals surface area contributed by atoms with Gasteiger partial charge < -0.3 is 9.84 Å². The Kier molecular flexibility index (Phi) is 4.82. The van der Waals surface area contributed by atoms with Gasteiger partial charge in [-0.3, -0.25) is 4.79 Å². The van der Waals surface area contributed by atoms with Crippen LogP contribution >= 0.6 is 0 Å². The summed E-state index contributed by atoms with van der Waals surface area (Å²) in [6.45, 7) is 4.72. The fourth-order valence-corrected chi connectivity index (χ4v) is 1.83. The van der Waals surface area contributed by atoms with Crippen LogP contribution in [0, 0.1) is 11.8 Å². The summed E-state index contributed by atoms with van der Waals surface area (Å²) in [7, 11) is 0. The molecule has 15 heavy (non-hydrogen) atoms. The molecule has 0 aliphatic heterocycles. The molecule has 86 valence electrons. The van der Waals surface area contributed by atoms with Gasteiger partial charge in [-0.05, 0) is 31.6 Å². The molecule has 0 heterocycles. The maximum absolute atomic E-state index is 10.4. The SMILES string of the molecule is CC(CC(=O)O)OCC1CC=CCC1C. The fourth-order valence-electron chi connectivity index (χ4n) is 1.83. The Morgan fingerprint density at radius 1 is 1.53 bits per heavy atom. The molecule has 1 N–H and O–H groups in total. The summed E-state index contributed by atoms with van der Waals surface area (Å²) in [5.74, 6) is 0.400. The van der Waals surface area contributed by atoms with Crippen molar-refractivity contribution >= 4 is 5.97 Å². The molecule has 0 spiro atoms. The van der Waals surface area contributed by atoms with Crippen molar-refractivity contribution in [1.82, 2.24) is 0 Å². The minimum absolute atomic E-state index is 0.0942. The van der Waals surface area contributed by atoms with Crippen LogP contribution in [0.3, 0.4) is 0 Å². The van der Waals surface area contributed by atoms with E-state index in [9.17, 15) is 4.79 Å². The topological polar surface area (TPSA) is 46.5 Å². The largest absolute Gasteiger partial charge is 0.481 e. The Morgan fingerprint density at radius 2 is 2.20 bits per heavy atom. The number of allylic oxidation sites excluding steroid dienone is 2. The van der Waals surface area contributed by atoms with Crippen molar-refractivity contribution in [2.75, 3.05) is 6.61 Å². The third kappa shape index (κ3) is 4.47. The molecule has 0 amide bonds. The Balaban J connectivity index is 2.24. The fraction of sp³-hybridized carbons (Fsp3) is 0.750. The third-order valence-corrected chi connectivity index (χ3v) is 2.98. The Hall–Kier alpha value is -0.830. The maximum atomic E-state index is 10.4. The zero-order valence-electron chi connectivity index (χ0n) is 9.48. The average Bonchev–Trinajstić information content (AvgIpc) is 2.15. The van der Waals surface area contributed by atoms with Crippen molar-refractivity contribution in [3.05, 3.63) is 12.2 Å². The maximum Gasteiger partial charge on any atom is 0.305 e. The molecule has 1 rings (SSSR count). The standard InChI is InChI=1S/C12H20O3/c1-9-5-3-4-6-11(9)8-15-10(2)7-12(13)14/h3-4,9-11H,5-8H2,1-2H3,(H,13,14). The second kappa shape index (κ2) is 5.91. The molecule has 0 saturated heterocycles. The number of rotatable bonds is 5. The van der Waals surface area contributed by atoms with E-state index in [2.05, 4.69) is 19.1 Å². The highest BCUT2D eigenvalue weighted by Gasteiger charge is 2.19. The number of aliphatic carboxylic acids is 1. The number of hydrogen-bond acceptors (Lipinski definition) is 2. The number of hydrogen-bond donors (Lipinski definition) is 1. The highest BCUT2D eigenvalue weighted by molar-refractivity contribution is 5.67. The van der Waals surface area contributed by atoms with Gasteiger partial charge in [0.15, 0.2) is 0 Å². The van der Waals surface area contributed by atoms with Crippen LogP contribution in [0.5, 0.6) is 0 Å². The van der Waals surface area contributed by atoms with Crippen LogP contribution in [0.4, 0.5) is 0 Å². The lowest BCUT2D eigenvalue weighted by atomic mass is 9.85. The smallest absolute Gasteiger partial charge is 0.305 e. The molecule has 0 radical (unpaired) electrons. The molecule has 3 atom stereocenters. The minimum Gasteiger partial charge on any atom is -0.481 e. The zero-order chi connectivity index (χ0) is 11.3. The lowest BCUT2D eigenvalue weighted by Crippen LogP contribution is -2.23. The Bertz CT molecular complexity index is 235. The number of carboxylic acid groups (broad SMARTS) is 1. The van der Waals surface area contributed by atoms with Gasteiger partial charge in [-0.2, -0.15) is 0 Å². The molecule has 3 nitrogen and oxygen atoms in total. The van der Waals surface area contributed by atoms with Crippen LogP contribution in [0.15, 0.2) is 12.2 Å². The summed E-state index contributed by atoms with van der Waals surface area (Å²) in [4.78, 5) is 10.4. The first-order valence-corrected chi connectivity index (χ1v) is 5.58. The summed E-state index contributed by atoms with van der Waals surface area (Å²) in [5, 5.41) is 8.58. The summed E-state index contributed by atoms with van der Waals surface area (Å²) in [6.07, 6.45) is 6.48. The van der Waals surface area contributed by atoms with Crippen LogP contribution in [0.2, 0.25) is 0 Å².